The molecule has 0 atom stereocenters. The van der Waals surface area contributed by atoms with Crippen LogP contribution in [0.2, 0.25) is 0 Å². The summed E-state index contributed by atoms with van der Waals surface area (Å²) in [5.74, 6) is 0.783. The average molecular weight is 261 g/mol. The number of hydrogen-bond acceptors (Lipinski definition) is 7. The zero-order valence-electron chi connectivity index (χ0n) is 9.74. The van der Waals surface area contributed by atoms with Crippen LogP contribution < -0.4 is 5.32 Å². The molecule has 0 saturated heterocycles. The molecule has 7 nitrogen and oxygen atoms in total. The number of thiazole rings is 1. The summed E-state index contributed by atoms with van der Waals surface area (Å²) in [5.41, 5.74) is 1.70. The molecule has 0 bridgehead atoms. The molecule has 0 amide bonds. The van der Waals surface area contributed by atoms with Crippen LogP contribution >= 0.6 is 11.3 Å². The van der Waals surface area contributed by atoms with Gasteiger partial charge < -0.3 is 5.32 Å². The third kappa shape index (κ3) is 2.14. The highest BCUT2D eigenvalue weighted by atomic mass is 32.1. The maximum atomic E-state index is 4.41. The molecule has 0 radical (unpaired) electrons. The molecular weight excluding hydrogens is 250 g/mol. The first-order valence-corrected chi connectivity index (χ1v) is 6.38. The van der Waals surface area contributed by atoms with Crippen molar-refractivity contribution in [3.63, 3.8) is 0 Å². The van der Waals surface area contributed by atoms with Crippen LogP contribution in [0.15, 0.2) is 17.8 Å². The van der Waals surface area contributed by atoms with Gasteiger partial charge in [0.05, 0.1) is 17.4 Å². The van der Waals surface area contributed by atoms with Crippen LogP contribution in [0.3, 0.4) is 0 Å². The maximum Gasteiger partial charge on any atom is 0.199 e. The van der Waals surface area contributed by atoms with E-state index in [2.05, 4.69) is 36.2 Å². The second kappa shape index (κ2) is 4.65. The predicted octanol–water partition coefficient (Wildman–Crippen LogP) is 0.939. The van der Waals surface area contributed by atoms with Crippen LogP contribution in [-0.4, -0.2) is 36.6 Å². The molecule has 0 aromatic carbocycles. The number of nitrogens with one attached hydrogen (secondary N) is 1. The van der Waals surface area contributed by atoms with Crippen LogP contribution in [0, 0.1) is 6.92 Å². The van der Waals surface area contributed by atoms with Gasteiger partial charge in [-0.3, -0.25) is 4.98 Å². The molecule has 8 heteroatoms. The fourth-order valence-corrected chi connectivity index (χ4v) is 2.39. The van der Waals surface area contributed by atoms with Gasteiger partial charge in [-0.25, -0.2) is 4.98 Å². The third-order valence-electron chi connectivity index (χ3n) is 2.42. The van der Waals surface area contributed by atoms with E-state index in [0.29, 0.717) is 5.65 Å². The Morgan fingerprint density at radius 1 is 1.39 bits per heavy atom. The van der Waals surface area contributed by atoms with Crippen molar-refractivity contribution in [3.8, 4) is 0 Å². The summed E-state index contributed by atoms with van der Waals surface area (Å²) < 4.78 is 1.63. The van der Waals surface area contributed by atoms with Gasteiger partial charge in [0, 0.05) is 24.0 Å². The van der Waals surface area contributed by atoms with Crippen LogP contribution in [-0.2, 0) is 6.42 Å². The van der Waals surface area contributed by atoms with Crippen molar-refractivity contribution in [2.45, 2.75) is 13.3 Å². The lowest BCUT2D eigenvalue weighted by atomic mass is 10.4. The maximum absolute atomic E-state index is 4.41. The minimum Gasteiger partial charge on any atom is -0.368 e. The number of nitrogens with zero attached hydrogens (tertiary/aromatic N) is 6. The average Bonchev–Trinajstić information content (AvgIpc) is 2.98. The van der Waals surface area contributed by atoms with Gasteiger partial charge in [0.25, 0.3) is 0 Å². The van der Waals surface area contributed by atoms with Crippen LogP contribution in [0.25, 0.3) is 5.65 Å². The predicted molar refractivity (Wildman–Crippen MR) is 67.6 cm³/mol. The first-order valence-electron chi connectivity index (χ1n) is 5.50. The molecule has 3 heterocycles. The summed E-state index contributed by atoms with van der Waals surface area (Å²) in [5, 5.41) is 17.8. The molecule has 0 aliphatic rings. The number of rotatable bonds is 4. The van der Waals surface area contributed by atoms with Crippen molar-refractivity contribution in [2.24, 2.45) is 0 Å². The van der Waals surface area contributed by atoms with E-state index in [1.807, 2.05) is 6.92 Å². The zero-order valence-corrected chi connectivity index (χ0v) is 10.6. The van der Waals surface area contributed by atoms with Crippen molar-refractivity contribution in [1.29, 1.82) is 0 Å². The Morgan fingerprint density at radius 3 is 3.17 bits per heavy atom. The second-order valence-electron chi connectivity index (χ2n) is 3.80. The van der Waals surface area contributed by atoms with Crippen molar-refractivity contribution in [1.82, 2.24) is 30.0 Å². The van der Waals surface area contributed by atoms with Crippen molar-refractivity contribution in [2.75, 3.05) is 11.9 Å². The van der Waals surface area contributed by atoms with Crippen LogP contribution in [0.1, 0.15) is 10.7 Å². The summed E-state index contributed by atoms with van der Waals surface area (Å²) in [6.07, 6.45) is 4.20. The number of fused-ring (bicyclic) bond motifs is 1. The summed E-state index contributed by atoms with van der Waals surface area (Å²) in [6, 6.07) is 0. The minimum absolute atomic E-state index is 0.630. The molecule has 0 unspecified atom stereocenters. The molecule has 0 aliphatic heterocycles. The second-order valence-corrected chi connectivity index (χ2v) is 4.74. The molecule has 3 rings (SSSR count). The molecule has 0 fully saturated rings. The summed E-state index contributed by atoms with van der Waals surface area (Å²) >= 11 is 1.68. The summed E-state index contributed by atoms with van der Waals surface area (Å²) in [4.78, 5) is 8.49. The first-order chi connectivity index (χ1) is 8.83. The Kier molecular flexibility index (Phi) is 2.85. The monoisotopic (exact) mass is 261 g/mol. The van der Waals surface area contributed by atoms with Gasteiger partial charge in [-0.1, -0.05) is 0 Å². The van der Waals surface area contributed by atoms with E-state index in [0.717, 1.165) is 29.5 Å². The highest BCUT2D eigenvalue weighted by Gasteiger charge is 2.04. The fourth-order valence-electron chi connectivity index (χ4n) is 1.61. The molecule has 0 spiro atoms. The van der Waals surface area contributed by atoms with Crippen molar-refractivity contribution >= 4 is 22.8 Å². The zero-order chi connectivity index (χ0) is 12.4. The molecule has 3 aromatic heterocycles. The molecule has 3 aromatic rings. The highest BCUT2D eigenvalue weighted by Crippen LogP contribution is 2.10. The fraction of sp³-hybridized carbons (Fsp3) is 0.300. The van der Waals surface area contributed by atoms with Crippen molar-refractivity contribution in [3.05, 3.63) is 28.5 Å². The van der Waals surface area contributed by atoms with E-state index in [4.69, 9.17) is 0 Å². The largest absolute Gasteiger partial charge is 0.368 e. The minimum atomic E-state index is 0.630. The number of tetrazole rings is 1. The summed E-state index contributed by atoms with van der Waals surface area (Å²) in [6.45, 7) is 2.77. The van der Waals surface area contributed by atoms with Gasteiger partial charge in [0.1, 0.15) is 5.82 Å². The van der Waals surface area contributed by atoms with Gasteiger partial charge in [0.2, 0.25) is 0 Å². The SMILES string of the molecule is Cc1csc(CCNc2cncc3nnnn23)n1. The number of aryl methyl sites for hydroxylation is 1. The van der Waals surface area contributed by atoms with Gasteiger partial charge >= 0.3 is 0 Å². The van der Waals surface area contributed by atoms with E-state index in [1.54, 1.807) is 28.2 Å². The molecule has 0 aliphatic carbocycles. The van der Waals surface area contributed by atoms with Crippen LogP contribution in [0.5, 0.6) is 0 Å². The normalized spacial score (nSPS) is 10.9. The molecule has 1 N–H and O–H groups in total. The van der Waals surface area contributed by atoms with E-state index >= 15 is 0 Å². The van der Waals surface area contributed by atoms with Gasteiger partial charge in [-0.05, 0) is 17.4 Å². The Bertz CT molecular complexity index is 659. The van der Waals surface area contributed by atoms with Crippen molar-refractivity contribution < 1.29 is 0 Å². The van der Waals surface area contributed by atoms with Gasteiger partial charge in [-0.2, -0.15) is 4.52 Å². The Hall–Kier alpha value is -2.09. The van der Waals surface area contributed by atoms with E-state index in [1.165, 1.54) is 0 Å². The molecule has 18 heavy (non-hydrogen) atoms. The molecule has 0 saturated carbocycles. The lowest BCUT2D eigenvalue weighted by Crippen LogP contribution is -2.09. The van der Waals surface area contributed by atoms with E-state index in [-0.39, 0.29) is 0 Å². The molecule has 92 valence electrons. The number of hydrogen-bond donors (Lipinski definition) is 1. The smallest absolute Gasteiger partial charge is 0.199 e. The molecular formula is C10H11N7S. The third-order valence-corrected chi connectivity index (χ3v) is 3.45. The lowest BCUT2D eigenvalue weighted by Gasteiger charge is -2.04. The number of anilines is 1. The Balaban J connectivity index is 1.68. The van der Waals surface area contributed by atoms with Gasteiger partial charge in [-0.15, -0.1) is 16.4 Å². The number of aromatic nitrogens is 6. The summed E-state index contributed by atoms with van der Waals surface area (Å²) in [7, 11) is 0. The Morgan fingerprint density at radius 2 is 2.33 bits per heavy atom. The topological polar surface area (TPSA) is 80.9 Å². The van der Waals surface area contributed by atoms with Gasteiger partial charge in [0.15, 0.2) is 5.65 Å². The standard InChI is InChI=1S/C10H11N7S/c1-7-6-18-10(13-7)2-3-12-8-4-11-5-9-14-15-16-17(8)9/h4-6,12H,2-3H2,1H3. The van der Waals surface area contributed by atoms with Crippen LogP contribution in [0.4, 0.5) is 5.82 Å². The quantitative estimate of drug-likeness (QED) is 0.752. The highest BCUT2D eigenvalue weighted by molar-refractivity contribution is 7.09. The Labute approximate surface area is 107 Å². The van der Waals surface area contributed by atoms with E-state index < -0.39 is 0 Å². The lowest BCUT2D eigenvalue weighted by molar-refractivity contribution is 0.817. The first kappa shape index (κ1) is 11.0. The van der Waals surface area contributed by atoms with E-state index in [9.17, 15) is 0 Å².